The Labute approximate surface area is 92.5 Å². The van der Waals surface area contributed by atoms with Crippen LogP contribution in [0.15, 0.2) is 18.3 Å². The molecule has 0 bridgehead atoms. The molecule has 3 heteroatoms. The minimum atomic E-state index is 0.608. The van der Waals surface area contributed by atoms with Crippen molar-refractivity contribution in [2.75, 3.05) is 24.3 Å². The van der Waals surface area contributed by atoms with Crippen LogP contribution in [0.3, 0.4) is 0 Å². The molecule has 0 unspecified atom stereocenters. The Morgan fingerprint density at radius 1 is 1.40 bits per heavy atom. The molecule has 1 heterocycles. The quantitative estimate of drug-likeness (QED) is 0.804. The molecule has 0 fully saturated rings. The summed E-state index contributed by atoms with van der Waals surface area (Å²) < 4.78 is 0. The fourth-order valence-electron chi connectivity index (χ4n) is 1.82. The average molecular weight is 207 g/mol. The predicted octanol–water partition coefficient (Wildman–Crippen LogP) is 2.75. The van der Waals surface area contributed by atoms with Gasteiger partial charge in [-0.1, -0.05) is 13.8 Å². The molecule has 1 aromatic rings. The number of aromatic nitrogens is 1. The summed E-state index contributed by atoms with van der Waals surface area (Å²) in [6.07, 6.45) is 4.19. The average Bonchev–Trinajstić information content (AvgIpc) is 2.30. The minimum absolute atomic E-state index is 0.608. The van der Waals surface area contributed by atoms with Gasteiger partial charge in [0.05, 0.1) is 0 Å². The minimum Gasteiger partial charge on any atom is -0.373 e. The molecule has 1 N–H and O–H groups in total. The second-order valence-corrected chi connectivity index (χ2v) is 3.73. The van der Waals surface area contributed by atoms with Crippen LogP contribution in [0.5, 0.6) is 0 Å². The van der Waals surface area contributed by atoms with Gasteiger partial charge in [-0.25, -0.2) is 4.98 Å². The zero-order valence-electron chi connectivity index (χ0n) is 10.1. The van der Waals surface area contributed by atoms with Crippen molar-refractivity contribution in [2.24, 2.45) is 0 Å². The van der Waals surface area contributed by atoms with E-state index < -0.39 is 0 Å². The molecule has 0 aliphatic rings. The van der Waals surface area contributed by atoms with E-state index >= 15 is 0 Å². The lowest BCUT2D eigenvalue weighted by molar-refractivity contribution is 0.591. The highest BCUT2D eigenvalue weighted by Crippen LogP contribution is 2.20. The molecule has 0 aliphatic carbocycles. The van der Waals surface area contributed by atoms with Crippen molar-refractivity contribution in [3.8, 4) is 0 Å². The summed E-state index contributed by atoms with van der Waals surface area (Å²) in [5, 5.41) is 3.06. The van der Waals surface area contributed by atoms with Gasteiger partial charge in [0.2, 0.25) is 0 Å². The van der Waals surface area contributed by atoms with Crippen molar-refractivity contribution in [3.05, 3.63) is 18.3 Å². The highest BCUT2D eigenvalue weighted by atomic mass is 15.1. The summed E-state index contributed by atoms with van der Waals surface area (Å²) in [6, 6.07) is 4.74. The summed E-state index contributed by atoms with van der Waals surface area (Å²) in [7, 11) is 4.04. The molecular formula is C12H21N3. The topological polar surface area (TPSA) is 28.2 Å². The number of nitrogens with zero attached hydrogens (tertiary/aromatic N) is 2. The molecule has 84 valence electrons. The predicted molar refractivity (Wildman–Crippen MR) is 66.6 cm³/mol. The van der Waals surface area contributed by atoms with Crippen LogP contribution in [0.1, 0.15) is 26.7 Å². The van der Waals surface area contributed by atoms with Crippen LogP contribution in [0, 0.1) is 0 Å². The third kappa shape index (κ3) is 2.85. The smallest absolute Gasteiger partial charge is 0.127 e. The fourth-order valence-corrected chi connectivity index (χ4v) is 1.82. The second kappa shape index (κ2) is 5.59. The zero-order valence-corrected chi connectivity index (χ0v) is 10.1. The van der Waals surface area contributed by atoms with Crippen molar-refractivity contribution < 1.29 is 0 Å². The summed E-state index contributed by atoms with van der Waals surface area (Å²) in [6.45, 7) is 4.45. The fraction of sp³-hybridized carbons (Fsp3) is 0.583. The molecule has 0 amide bonds. The van der Waals surface area contributed by atoms with E-state index in [0.717, 1.165) is 5.82 Å². The first-order valence-corrected chi connectivity index (χ1v) is 5.59. The van der Waals surface area contributed by atoms with Crippen LogP contribution < -0.4 is 10.2 Å². The highest BCUT2D eigenvalue weighted by Gasteiger charge is 2.11. The molecular weight excluding hydrogens is 186 g/mol. The number of rotatable bonds is 5. The molecule has 3 nitrogen and oxygen atoms in total. The van der Waals surface area contributed by atoms with Crippen molar-refractivity contribution in [1.29, 1.82) is 0 Å². The Morgan fingerprint density at radius 3 is 2.60 bits per heavy atom. The molecule has 0 atom stereocenters. The number of hydrogen-bond acceptors (Lipinski definition) is 3. The van der Waals surface area contributed by atoms with Gasteiger partial charge in [0.25, 0.3) is 0 Å². The van der Waals surface area contributed by atoms with Gasteiger partial charge in [0.15, 0.2) is 0 Å². The number of hydrogen-bond donors (Lipinski definition) is 1. The largest absolute Gasteiger partial charge is 0.373 e. The van der Waals surface area contributed by atoms with Gasteiger partial charge in [-0.05, 0) is 18.9 Å². The van der Waals surface area contributed by atoms with Crippen molar-refractivity contribution in [3.63, 3.8) is 0 Å². The lowest BCUT2D eigenvalue weighted by Gasteiger charge is -2.28. The Hall–Kier alpha value is -1.25. The van der Waals surface area contributed by atoms with Crippen LogP contribution in [0.2, 0.25) is 0 Å². The maximum Gasteiger partial charge on any atom is 0.127 e. The standard InChI is InChI=1S/C12H21N3/c1-5-10(6-2)15(4)11-7-8-14-12(9-11)13-3/h7-10H,5-6H2,1-4H3,(H,13,14). The molecule has 15 heavy (non-hydrogen) atoms. The van der Waals surface area contributed by atoms with E-state index in [9.17, 15) is 0 Å². The molecule has 0 radical (unpaired) electrons. The first-order valence-electron chi connectivity index (χ1n) is 5.59. The monoisotopic (exact) mass is 207 g/mol. The van der Waals surface area contributed by atoms with Gasteiger partial charge in [0.1, 0.15) is 5.82 Å². The Kier molecular flexibility index (Phi) is 4.40. The molecule has 0 saturated heterocycles. The van der Waals surface area contributed by atoms with E-state index in [1.54, 1.807) is 0 Å². The zero-order chi connectivity index (χ0) is 11.3. The van der Waals surface area contributed by atoms with Gasteiger partial charge in [0, 0.05) is 38.1 Å². The molecule has 0 saturated carbocycles. The molecule has 0 aliphatic heterocycles. The van der Waals surface area contributed by atoms with Gasteiger partial charge >= 0.3 is 0 Å². The summed E-state index contributed by atoms with van der Waals surface area (Å²) in [4.78, 5) is 6.54. The first kappa shape index (κ1) is 11.8. The normalized spacial score (nSPS) is 10.5. The SMILES string of the molecule is CCC(CC)N(C)c1ccnc(NC)c1. The lowest BCUT2D eigenvalue weighted by atomic mass is 10.1. The highest BCUT2D eigenvalue weighted by molar-refractivity contribution is 5.53. The van der Waals surface area contributed by atoms with Crippen LogP contribution in [-0.4, -0.2) is 25.1 Å². The Morgan fingerprint density at radius 2 is 2.07 bits per heavy atom. The Balaban J connectivity index is 2.84. The first-order chi connectivity index (χ1) is 7.22. The third-order valence-corrected chi connectivity index (χ3v) is 2.90. The van der Waals surface area contributed by atoms with Gasteiger partial charge in [-0.15, -0.1) is 0 Å². The van der Waals surface area contributed by atoms with Gasteiger partial charge < -0.3 is 10.2 Å². The number of pyridine rings is 1. The summed E-state index contributed by atoms with van der Waals surface area (Å²) in [5.74, 6) is 0.922. The molecule has 1 rings (SSSR count). The molecule has 0 aromatic carbocycles. The van der Waals surface area contributed by atoms with E-state index in [2.05, 4.69) is 48.2 Å². The number of nitrogens with one attached hydrogen (secondary N) is 1. The van der Waals surface area contributed by atoms with Crippen LogP contribution in [-0.2, 0) is 0 Å². The van der Waals surface area contributed by atoms with Crippen molar-refractivity contribution in [1.82, 2.24) is 4.98 Å². The van der Waals surface area contributed by atoms with Crippen molar-refractivity contribution >= 4 is 11.5 Å². The maximum absolute atomic E-state index is 4.21. The summed E-state index contributed by atoms with van der Waals surface area (Å²) in [5.41, 5.74) is 1.23. The van der Waals surface area contributed by atoms with Crippen LogP contribution >= 0.6 is 0 Å². The molecule has 1 aromatic heterocycles. The van der Waals surface area contributed by atoms with E-state index in [-0.39, 0.29) is 0 Å². The van der Waals surface area contributed by atoms with E-state index in [4.69, 9.17) is 0 Å². The van der Waals surface area contributed by atoms with Gasteiger partial charge in [-0.3, -0.25) is 0 Å². The van der Waals surface area contributed by atoms with E-state index in [1.165, 1.54) is 18.5 Å². The maximum atomic E-state index is 4.21. The van der Waals surface area contributed by atoms with E-state index in [1.807, 2.05) is 13.2 Å². The van der Waals surface area contributed by atoms with Crippen molar-refractivity contribution in [2.45, 2.75) is 32.7 Å². The Bertz CT molecular complexity index is 295. The number of anilines is 2. The summed E-state index contributed by atoms with van der Waals surface area (Å²) >= 11 is 0. The second-order valence-electron chi connectivity index (χ2n) is 3.73. The van der Waals surface area contributed by atoms with Gasteiger partial charge in [-0.2, -0.15) is 0 Å². The van der Waals surface area contributed by atoms with Crippen LogP contribution in [0.25, 0.3) is 0 Å². The lowest BCUT2D eigenvalue weighted by Crippen LogP contribution is -2.30. The van der Waals surface area contributed by atoms with Crippen LogP contribution in [0.4, 0.5) is 11.5 Å². The third-order valence-electron chi connectivity index (χ3n) is 2.90. The van der Waals surface area contributed by atoms with E-state index in [0.29, 0.717) is 6.04 Å². The molecule has 0 spiro atoms.